The molecule has 2 atom stereocenters. The summed E-state index contributed by atoms with van der Waals surface area (Å²) in [5.74, 6) is 2.71. The molecule has 8 nitrogen and oxygen atoms in total. The Labute approximate surface area is 296 Å². The molecule has 8 heterocycles. The predicted octanol–water partition coefficient (Wildman–Crippen LogP) is 8.03. The smallest absolute Gasteiger partial charge is 0.373 e. The molecule has 12 rings (SSSR count). The maximum atomic E-state index is 12.8. The van der Waals surface area contributed by atoms with E-state index < -0.39 is 0 Å². The highest BCUT2D eigenvalue weighted by molar-refractivity contribution is 6.35. The van der Waals surface area contributed by atoms with Crippen molar-refractivity contribution in [1.82, 2.24) is 9.80 Å². The second-order valence-corrected chi connectivity index (χ2v) is 14.9. The van der Waals surface area contributed by atoms with Gasteiger partial charge in [0.25, 0.3) is 0 Å². The number of furan rings is 2. The fourth-order valence-corrected chi connectivity index (χ4v) is 9.59. The highest BCUT2D eigenvalue weighted by Gasteiger charge is 2.60. The lowest BCUT2D eigenvalue weighted by molar-refractivity contribution is -0.191. The van der Waals surface area contributed by atoms with Crippen molar-refractivity contribution in [1.29, 1.82) is 0 Å². The standard InChI is InChI=1S/C19H20ClNO2.C9H16N2.C8H5ClO.CO2.ClH/c20-15-3-1-2-13-10-17(23-18(13)15)16(22)11-14-12-4-8-21(9-5-12)19(14)6-7-19;10-8-7-1-5-11(6-2-7)9(8)3-4-9;9-7-3-1-2-6-4-5-10-8(6)7;2-1-3;/h1-3,10,12,14H,4-9,11H2;7-8H,1-6,10H2;1-5H;;1H/t14-;8-;;;/m11.../s1. The lowest BCUT2D eigenvalue weighted by Gasteiger charge is -2.52. The maximum Gasteiger partial charge on any atom is 0.373 e. The minimum atomic E-state index is 0. The molecule has 0 unspecified atom stereocenters. The molecule has 6 saturated heterocycles. The van der Waals surface area contributed by atoms with E-state index >= 15 is 0 Å². The van der Waals surface area contributed by atoms with E-state index in [1.807, 2.05) is 42.5 Å². The molecule has 2 aromatic heterocycles. The number of carbonyl (C=O) groups is 1. The summed E-state index contributed by atoms with van der Waals surface area (Å²) in [5.41, 5.74) is 8.48. The molecule has 4 aromatic rings. The molecule has 11 heteroatoms. The van der Waals surface area contributed by atoms with Gasteiger partial charge in [-0.2, -0.15) is 9.59 Å². The summed E-state index contributed by atoms with van der Waals surface area (Å²) < 4.78 is 10.9. The van der Waals surface area contributed by atoms with Crippen LogP contribution in [0.15, 0.2) is 63.6 Å². The van der Waals surface area contributed by atoms with Crippen molar-refractivity contribution in [3.63, 3.8) is 0 Å². The van der Waals surface area contributed by atoms with Gasteiger partial charge in [-0.25, -0.2) is 0 Å². The molecule has 48 heavy (non-hydrogen) atoms. The van der Waals surface area contributed by atoms with Crippen molar-refractivity contribution in [2.75, 3.05) is 26.2 Å². The first-order valence-electron chi connectivity index (χ1n) is 16.9. The number of benzene rings is 2. The summed E-state index contributed by atoms with van der Waals surface area (Å²) in [5, 5.41) is 3.20. The minimum absolute atomic E-state index is 0. The van der Waals surface area contributed by atoms with Crippen LogP contribution in [0.5, 0.6) is 0 Å². The fraction of sp³-hybridized carbons (Fsp3) is 0.514. The van der Waals surface area contributed by atoms with Crippen molar-refractivity contribution >= 4 is 69.5 Å². The number of hydrogen-bond donors (Lipinski definition) is 1. The van der Waals surface area contributed by atoms with Crippen LogP contribution >= 0.6 is 35.6 Å². The van der Waals surface area contributed by atoms with Crippen LogP contribution in [0.1, 0.15) is 68.3 Å². The van der Waals surface area contributed by atoms with E-state index in [1.54, 1.807) is 12.3 Å². The zero-order valence-corrected chi connectivity index (χ0v) is 29.2. The third kappa shape index (κ3) is 6.49. The number of carbonyl (C=O) groups excluding carboxylic acids is 3. The van der Waals surface area contributed by atoms with Gasteiger partial charge in [-0.1, -0.05) is 47.5 Å². The molecule has 2 saturated carbocycles. The quantitative estimate of drug-likeness (QED) is 0.213. The predicted molar refractivity (Wildman–Crippen MR) is 188 cm³/mol. The fourth-order valence-electron chi connectivity index (χ4n) is 9.14. The van der Waals surface area contributed by atoms with Crippen LogP contribution in [0, 0.1) is 17.8 Å². The molecule has 2 N–H and O–H groups in total. The van der Waals surface area contributed by atoms with Gasteiger partial charge in [0.05, 0.1) is 16.3 Å². The Bertz CT molecular complexity index is 1770. The summed E-state index contributed by atoms with van der Waals surface area (Å²) in [6, 6.07) is 15.6. The highest BCUT2D eigenvalue weighted by Crippen LogP contribution is 2.58. The number of ketones is 1. The first-order chi connectivity index (χ1) is 22.8. The number of nitrogens with zero attached hydrogens (tertiary/aromatic N) is 2. The molecule has 0 amide bonds. The summed E-state index contributed by atoms with van der Waals surface area (Å²) in [4.78, 5) is 34.4. The van der Waals surface area contributed by atoms with Crippen molar-refractivity contribution < 1.29 is 23.2 Å². The normalized spacial score (nSPS) is 29.0. The molecular weight excluding hydrogens is 673 g/mol. The molecule has 8 fully saturated rings. The van der Waals surface area contributed by atoms with Gasteiger partial charge in [0.2, 0.25) is 0 Å². The van der Waals surface area contributed by atoms with Crippen LogP contribution in [0.4, 0.5) is 0 Å². The second kappa shape index (κ2) is 14.3. The average Bonchev–Trinajstić information content (AvgIpc) is 3.95. The third-order valence-corrected chi connectivity index (χ3v) is 12.5. The zero-order chi connectivity index (χ0) is 32.8. The number of rotatable bonds is 3. The van der Waals surface area contributed by atoms with Crippen LogP contribution in [0.25, 0.3) is 21.9 Å². The summed E-state index contributed by atoms with van der Waals surface area (Å²) >= 11 is 12.0. The van der Waals surface area contributed by atoms with Crippen LogP contribution < -0.4 is 5.73 Å². The molecule has 4 bridgehead atoms. The molecular formula is C37H42Cl3N3O5. The van der Waals surface area contributed by atoms with E-state index in [0.29, 0.717) is 50.8 Å². The molecule has 8 aliphatic rings. The minimum Gasteiger partial charge on any atom is -0.463 e. The van der Waals surface area contributed by atoms with Crippen molar-refractivity contribution in [3.8, 4) is 0 Å². The van der Waals surface area contributed by atoms with Gasteiger partial charge in [-0.05, 0) is 120 Å². The van der Waals surface area contributed by atoms with Crippen LogP contribution in [-0.2, 0) is 9.59 Å². The first-order valence-corrected chi connectivity index (χ1v) is 17.6. The molecule has 0 radical (unpaired) electrons. The van der Waals surface area contributed by atoms with E-state index in [0.717, 1.165) is 28.2 Å². The van der Waals surface area contributed by atoms with Gasteiger partial charge < -0.3 is 14.6 Å². The van der Waals surface area contributed by atoms with Gasteiger partial charge in [-0.3, -0.25) is 14.6 Å². The molecule has 2 aromatic carbocycles. The molecule has 2 aliphatic carbocycles. The third-order valence-electron chi connectivity index (χ3n) is 11.9. The lowest BCUT2D eigenvalue weighted by Crippen LogP contribution is -2.63. The molecule has 2 spiro atoms. The van der Waals surface area contributed by atoms with Gasteiger partial charge in [0.1, 0.15) is 0 Å². The van der Waals surface area contributed by atoms with Gasteiger partial charge in [0, 0.05) is 34.3 Å². The van der Waals surface area contributed by atoms with Crippen LogP contribution in [0.2, 0.25) is 10.0 Å². The number of hydrogen-bond acceptors (Lipinski definition) is 8. The van der Waals surface area contributed by atoms with Crippen molar-refractivity contribution in [2.45, 2.75) is 74.9 Å². The molecule has 6 aliphatic heterocycles. The Kier molecular flexibility index (Phi) is 10.5. The highest BCUT2D eigenvalue weighted by atomic mass is 35.5. The SMILES string of the molecule is Cl.Clc1cccc2ccoc12.N[C@@H]1C2CCN(CC2)C12CC2.O=C(C[C@@H]1C2CCN(CC2)C12CC2)c1cc2cccc(Cl)c2o1.O=C=O. The Balaban J connectivity index is 0.000000134. The Hall–Kier alpha value is -2.68. The number of nitrogens with two attached hydrogens (primary N) is 1. The van der Waals surface area contributed by atoms with E-state index in [9.17, 15) is 4.79 Å². The maximum absolute atomic E-state index is 12.8. The summed E-state index contributed by atoms with van der Waals surface area (Å²) in [7, 11) is 0. The Morgan fingerprint density at radius 3 is 1.88 bits per heavy atom. The van der Waals surface area contributed by atoms with E-state index in [4.69, 9.17) is 47.4 Å². The lowest BCUT2D eigenvalue weighted by atomic mass is 9.70. The van der Waals surface area contributed by atoms with Crippen molar-refractivity contribution in [3.05, 3.63) is 70.6 Å². The van der Waals surface area contributed by atoms with E-state index in [1.165, 1.54) is 77.5 Å². The molecule has 256 valence electrons. The van der Waals surface area contributed by atoms with Crippen LogP contribution in [-0.4, -0.2) is 65.0 Å². The first kappa shape index (κ1) is 35.2. The van der Waals surface area contributed by atoms with Gasteiger partial charge >= 0.3 is 6.15 Å². The van der Waals surface area contributed by atoms with E-state index in [-0.39, 0.29) is 24.3 Å². The van der Waals surface area contributed by atoms with Gasteiger partial charge in [0.15, 0.2) is 22.7 Å². The summed E-state index contributed by atoms with van der Waals surface area (Å²) in [6.45, 7) is 5.13. The number of halogens is 3. The largest absolute Gasteiger partial charge is 0.463 e. The number of fused-ring (bicyclic) bond motifs is 6. The van der Waals surface area contributed by atoms with Crippen molar-refractivity contribution in [2.24, 2.45) is 23.5 Å². The zero-order valence-electron chi connectivity index (χ0n) is 26.9. The Morgan fingerprint density at radius 2 is 1.35 bits per heavy atom. The van der Waals surface area contributed by atoms with Gasteiger partial charge in [-0.15, -0.1) is 12.4 Å². The topological polar surface area (TPSA) is 110 Å². The summed E-state index contributed by atoms with van der Waals surface area (Å²) in [6.07, 6.45) is 13.1. The second-order valence-electron chi connectivity index (χ2n) is 14.0. The number of para-hydroxylation sites is 2. The van der Waals surface area contributed by atoms with E-state index in [2.05, 4.69) is 9.80 Å². The van der Waals surface area contributed by atoms with Crippen LogP contribution in [0.3, 0.4) is 0 Å². The Morgan fingerprint density at radius 1 is 0.812 bits per heavy atom. The average molecular weight is 715 g/mol. The number of piperidine rings is 6. The number of Topliss-reactive ketones (excluding diaryl/α,β-unsaturated/α-hetero) is 1. The monoisotopic (exact) mass is 713 g/mol.